The summed E-state index contributed by atoms with van der Waals surface area (Å²) in [5, 5.41) is 7.89. The Morgan fingerprint density at radius 2 is 1.71 bits per heavy atom. The summed E-state index contributed by atoms with van der Waals surface area (Å²) in [7, 11) is 1.90. The second-order valence-electron chi connectivity index (χ2n) is 7.87. The molecule has 0 unspecified atom stereocenters. The van der Waals surface area contributed by atoms with Gasteiger partial charge in [-0.15, -0.1) is 0 Å². The molecule has 8 heteroatoms. The molecule has 0 atom stereocenters. The van der Waals surface area contributed by atoms with Gasteiger partial charge in [0.2, 0.25) is 5.78 Å². The number of anilines is 2. The number of halogens is 2. The predicted molar refractivity (Wildman–Crippen MR) is 143 cm³/mol. The van der Waals surface area contributed by atoms with Crippen LogP contribution in [0.4, 0.5) is 11.4 Å². The van der Waals surface area contributed by atoms with Crippen LogP contribution in [0.2, 0.25) is 10.0 Å². The van der Waals surface area contributed by atoms with Crippen LogP contribution in [0.25, 0.3) is 0 Å². The highest BCUT2D eigenvalue weighted by atomic mass is 35.5. The fourth-order valence-electron chi connectivity index (χ4n) is 3.71. The van der Waals surface area contributed by atoms with E-state index in [-0.39, 0.29) is 5.78 Å². The van der Waals surface area contributed by atoms with E-state index in [2.05, 4.69) is 15.6 Å². The zero-order valence-corrected chi connectivity index (χ0v) is 20.9. The van der Waals surface area contributed by atoms with Gasteiger partial charge in [-0.25, -0.2) is 0 Å². The highest BCUT2D eigenvalue weighted by molar-refractivity contribution is 7.80. The number of hydrogen-bond acceptors (Lipinski definition) is 3. The number of aromatic nitrogens is 2. The first-order valence-electron chi connectivity index (χ1n) is 10.5. The molecule has 0 saturated carbocycles. The fourth-order valence-corrected chi connectivity index (χ4v) is 4.26. The maximum atomic E-state index is 13.0. The summed E-state index contributed by atoms with van der Waals surface area (Å²) < 4.78 is 1.93. The molecule has 0 bridgehead atoms. The lowest BCUT2D eigenvalue weighted by molar-refractivity contribution is 0.103. The number of nitrogens with zero attached hydrogens (tertiary/aromatic N) is 2. The highest BCUT2D eigenvalue weighted by Crippen LogP contribution is 2.22. The van der Waals surface area contributed by atoms with E-state index in [1.54, 1.807) is 42.6 Å². The van der Waals surface area contributed by atoms with Gasteiger partial charge >= 0.3 is 0 Å². The zero-order valence-electron chi connectivity index (χ0n) is 18.6. The number of nitrogens with one attached hydrogen (secondary N) is 2. The van der Waals surface area contributed by atoms with Crippen molar-refractivity contribution in [3.05, 3.63) is 111 Å². The van der Waals surface area contributed by atoms with E-state index in [1.807, 2.05) is 48.9 Å². The number of carbonyl (C=O) groups is 1. The summed E-state index contributed by atoms with van der Waals surface area (Å²) in [6.45, 7) is 1.95. The summed E-state index contributed by atoms with van der Waals surface area (Å²) in [6, 6.07) is 20.2. The number of pyridine rings is 1. The van der Waals surface area contributed by atoms with E-state index >= 15 is 0 Å². The van der Waals surface area contributed by atoms with Gasteiger partial charge < -0.3 is 15.2 Å². The molecule has 4 aromatic rings. The summed E-state index contributed by atoms with van der Waals surface area (Å²) in [4.78, 5) is 17.6. The molecule has 0 spiro atoms. The van der Waals surface area contributed by atoms with Crippen LogP contribution in [0.1, 0.15) is 33.0 Å². The molecule has 0 aliphatic rings. The van der Waals surface area contributed by atoms with Gasteiger partial charge in [0.1, 0.15) is 0 Å². The number of benzene rings is 2. The lowest BCUT2D eigenvalue weighted by Crippen LogP contribution is -2.19. The van der Waals surface area contributed by atoms with Crippen LogP contribution < -0.4 is 10.6 Å². The van der Waals surface area contributed by atoms with E-state index in [9.17, 15) is 4.79 Å². The van der Waals surface area contributed by atoms with Crippen LogP contribution in [-0.4, -0.2) is 20.4 Å². The number of thiocarbonyl (C=S) groups is 1. The average molecular weight is 509 g/mol. The van der Waals surface area contributed by atoms with Crippen LogP contribution in [0, 0.1) is 6.92 Å². The molecule has 172 valence electrons. The van der Waals surface area contributed by atoms with Crippen LogP contribution in [0.15, 0.2) is 72.9 Å². The Kier molecular flexibility index (Phi) is 7.32. The molecule has 0 radical (unpaired) electrons. The molecular formula is C26H22Cl2N4OS. The van der Waals surface area contributed by atoms with E-state index in [1.165, 1.54) is 0 Å². The Balaban J connectivity index is 1.43. The smallest absolute Gasteiger partial charge is 0.209 e. The molecule has 2 heterocycles. The third kappa shape index (κ3) is 5.65. The van der Waals surface area contributed by atoms with Crippen LogP contribution >= 0.6 is 35.4 Å². The Hall–Kier alpha value is -3.19. The molecular weight excluding hydrogens is 487 g/mol. The minimum absolute atomic E-state index is 0.0314. The first-order valence-corrected chi connectivity index (χ1v) is 11.7. The van der Waals surface area contributed by atoms with E-state index in [0.717, 1.165) is 28.3 Å². The summed E-state index contributed by atoms with van der Waals surface area (Å²) in [5.74, 6) is -0.0314. The molecule has 0 saturated heterocycles. The zero-order chi connectivity index (χ0) is 24.2. The third-order valence-corrected chi connectivity index (χ3v) is 6.06. The molecule has 0 amide bonds. The topological polar surface area (TPSA) is 59.0 Å². The average Bonchev–Trinajstić information content (AvgIpc) is 3.07. The molecule has 2 aromatic carbocycles. The number of carbonyl (C=O) groups excluding carboxylic acids is 1. The van der Waals surface area contributed by atoms with Crippen molar-refractivity contribution in [2.45, 2.75) is 13.3 Å². The summed E-state index contributed by atoms with van der Waals surface area (Å²) in [6.07, 6.45) is 2.33. The van der Waals surface area contributed by atoms with Gasteiger partial charge in [-0.1, -0.05) is 29.3 Å². The van der Waals surface area contributed by atoms with Crippen molar-refractivity contribution < 1.29 is 4.79 Å². The Labute approximate surface area is 213 Å². The maximum absolute atomic E-state index is 13.0. The monoisotopic (exact) mass is 508 g/mol. The minimum atomic E-state index is -0.0314. The van der Waals surface area contributed by atoms with Crippen LogP contribution in [0.5, 0.6) is 0 Å². The van der Waals surface area contributed by atoms with Crippen molar-refractivity contribution in [2.75, 3.05) is 10.6 Å². The van der Waals surface area contributed by atoms with Crippen LogP contribution in [0.3, 0.4) is 0 Å². The number of aryl methyl sites for hydroxylation is 1. The normalized spacial score (nSPS) is 10.7. The second-order valence-corrected chi connectivity index (χ2v) is 9.15. The Morgan fingerprint density at radius 1 is 0.971 bits per heavy atom. The van der Waals surface area contributed by atoms with E-state index < -0.39 is 0 Å². The Bertz CT molecular complexity index is 1350. The largest absolute Gasteiger partial charge is 0.344 e. The molecule has 5 nitrogen and oxygen atoms in total. The molecule has 4 rings (SSSR count). The maximum Gasteiger partial charge on any atom is 0.209 e. The number of rotatable bonds is 6. The van der Waals surface area contributed by atoms with Gasteiger partial charge in [0.05, 0.1) is 17.6 Å². The SMILES string of the molecule is Cc1cc(Cc2ccc(NC(=S)Nc3cccc(Cl)c3)cn2)n(C)c1C(=O)c1ccc(Cl)cc1. The highest BCUT2D eigenvalue weighted by Gasteiger charge is 2.19. The molecule has 0 fully saturated rings. The summed E-state index contributed by atoms with van der Waals surface area (Å²) >= 11 is 17.3. The lowest BCUT2D eigenvalue weighted by atomic mass is 10.1. The van der Waals surface area contributed by atoms with Crippen LogP contribution in [-0.2, 0) is 13.5 Å². The van der Waals surface area contributed by atoms with Crippen molar-refractivity contribution in [2.24, 2.45) is 7.05 Å². The predicted octanol–water partition coefficient (Wildman–Crippen LogP) is 6.67. The van der Waals surface area contributed by atoms with Gasteiger partial charge in [0.15, 0.2) is 5.11 Å². The van der Waals surface area contributed by atoms with Crippen molar-refractivity contribution in [3.63, 3.8) is 0 Å². The van der Waals surface area contributed by atoms with Crippen molar-refractivity contribution >= 4 is 57.7 Å². The quantitative estimate of drug-likeness (QED) is 0.225. The third-order valence-electron chi connectivity index (χ3n) is 5.37. The standard InChI is InChI=1S/C26H22Cl2N4OS/c1-16-12-23(32(2)24(16)25(33)17-6-8-18(27)9-7-17)14-20-10-11-22(15-29-20)31-26(34)30-21-5-3-4-19(28)13-21/h3-13,15H,14H2,1-2H3,(H2,30,31,34). The van der Waals surface area contributed by atoms with Crippen molar-refractivity contribution in [3.8, 4) is 0 Å². The van der Waals surface area contributed by atoms with Gasteiger partial charge in [0, 0.05) is 46.2 Å². The second kappa shape index (κ2) is 10.4. The van der Waals surface area contributed by atoms with Gasteiger partial charge in [-0.05, 0) is 85.4 Å². The molecule has 0 aliphatic heterocycles. The van der Waals surface area contributed by atoms with Crippen molar-refractivity contribution in [1.82, 2.24) is 9.55 Å². The van der Waals surface area contributed by atoms with Gasteiger partial charge in [-0.3, -0.25) is 9.78 Å². The first kappa shape index (κ1) is 24.0. The van der Waals surface area contributed by atoms with Gasteiger partial charge in [0.25, 0.3) is 0 Å². The van der Waals surface area contributed by atoms with Crippen molar-refractivity contribution in [1.29, 1.82) is 0 Å². The number of ketones is 1. The minimum Gasteiger partial charge on any atom is -0.344 e. The Morgan fingerprint density at radius 3 is 2.38 bits per heavy atom. The molecule has 0 aliphatic carbocycles. The lowest BCUT2D eigenvalue weighted by Gasteiger charge is -2.11. The summed E-state index contributed by atoms with van der Waals surface area (Å²) in [5.41, 5.74) is 5.64. The van der Waals surface area contributed by atoms with E-state index in [4.69, 9.17) is 35.4 Å². The molecule has 2 aromatic heterocycles. The van der Waals surface area contributed by atoms with E-state index in [0.29, 0.717) is 32.8 Å². The first-order chi connectivity index (χ1) is 16.3. The molecule has 34 heavy (non-hydrogen) atoms. The number of hydrogen-bond donors (Lipinski definition) is 2. The molecule has 2 N–H and O–H groups in total. The fraction of sp³-hybridized carbons (Fsp3) is 0.115. The van der Waals surface area contributed by atoms with Gasteiger partial charge in [-0.2, -0.15) is 0 Å².